The third-order valence-corrected chi connectivity index (χ3v) is 6.71. The van der Waals surface area contributed by atoms with Crippen LogP contribution >= 0.6 is 11.8 Å². The molecule has 0 saturated heterocycles. The number of aryl methyl sites for hydroxylation is 2. The molecule has 38 heavy (non-hydrogen) atoms. The number of hydrogen-bond donors (Lipinski definition) is 3. The van der Waals surface area contributed by atoms with Crippen molar-refractivity contribution in [2.75, 3.05) is 11.1 Å². The third kappa shape index (κ3) is 7.75. The summed E-state index contributed by atoms with van der Waals surface area (Å²) >= 11 is 1.34. The van der Waals surface area contributed by atoms with Crippen LogP contribution in [0.4, 0.5) is 5.82 Å². The van der Waals surface area contributed by atoms with Gasteiger partial charge in [-0.25, -0.2) is 9.61 Å². The van der Waals surface area contributed by atoms with Gasteiger partial charge in [-0.2, -0.15) is 0 Å². The van der Waals surface area contributed by atoms with E-state index in [9.17, 15) is 24.3 Å². The summed E-state index contributed by atoms with van der Waals surface area (Å²) in [6.07, 6.45) is 1.11. The molecule has 13 heteroatoms. The Morgan fingerprint density at radius 1 is 1.16 bits per heavy atom. The van der Waals surface area contributed by atoms with Gasteiger partial charge in [-0.1, -0.05) is 47.6 Å². The molecule has 1 amide bonds. The minimum Gasteiger partial charge on any atom is -0.481 e. The lowest BCUT2D eigenvalue weighted by Gasteiger charge is -2.22. The number of benzene rings is 1. The summed E-state index contributed by atoms with van der Waals surface area (Å²) in [5, 5.41) is 22.3. The predicted molar refractivity (Wildman–Crippen MR) is 141 cm³/mol. The van der Waals surface area contributed by atoms with Crippen LogP contribution in [0.3, 0.4) is 0 Å². The lowest BCUT2D eigenvalue weighted by atomic mass is 10.1. The normalized spacial score (nSPS) is 12.5. The van der Waals surface area contributed by atoms with Gasteiger partial charge < -0.3 is 15.7 Å². The second-order valence-corrected chi connectivity index (χ2v) is 9.61. The molecule has 0 fully saturated rings. The lowest BCUT2D eigenvalue weighted by molar-refractivity contribution is -0.140. The average Bonchev–Trinajstić information content (AvgIpc) is 3.29. The highest BCUT2D eigenvalue weighted by atomic mass is 32.2. The van der Waals surface area contributed by atoms with Crippen molar-refractivity contribution in [2.45, 2.75) is 58.0 Å². The largest absolute Gasteiger partial charge is 0.481 e. The van der Waals surface area contributed by atoms with Gasteiger partial charge >= 0.3 is 5.97 Å². The lowest BCUT2D eigenvalue weighted by Crippen LogP contribution is -2.47. The Morgan fingerprint density at radius 3 is 2.53 bits per heavy atom. The van der Waals surface area contributed by atoms with Gasteiger partial charge in [0.2, 0.25) is 5.91 Å². The zero-order valence-electron chi connectivity index (χ0n) is 21.3. The molecule has 0 bridgehead atoms. The van der Waals surface area contributed by atoms with E-state index in [2.05, 4.69) is 30.6 Å². The number of hydrogen-bond acceptors (Lipinski definition) is 10. The number of Topliss-reactive ketones (excluding diaryl/α,β-unsaturated/α-hetero) is 1. The molecule has 0 aliphatic carbocycles. The number of aliphatic carboxylic acids is 1. The third-order valence-electron chi connectivity index (χ3n) is 5.69. The first-order valence-corrected chi connectivity index (χ1v) is 13.1. The van der Waals surface area contributed by atoms with Gasteiger partial charge in [0.25, 0.3) is 5.56 Å². The molecule has 2 atom stereocenters. The number of carboxylic acid groups (broad SMARTS) is 1. The fraction of sp³-hybridized carbons (Fsp3) is 0.400. The van der Waals surface area contributed by atoms with Crippen LogP contribution in [0, 0.1) is 13.8 Å². The molecular formula is C25H30N6O6S. The van der Waals surface area contributed by atoms with Crippen LogP contribution in [0.2, 0.25) is 0 Å². The second kappa shape index (κ2) is 13.5. The van der Waals surface area contributed by atoms with Crippen LogP contribution < -0.4 is 16.2 Å². The summed E-state index contributed by atoms with van der Waals surface area (Å²) in [6, 6.07) is 7.34. The van der Waals surface area contributed by atoms with E-state index < -0.39 is 41.7 Å². The highest BCUT2D eigenvalue weighted by Crippen LogP contribution is 2.16. The average molecular weight is 543 g/mol. The van der Waals surface area contributed by atoms with Gasteiger partial charge in [0.05, 0.1) is 30.5 Å². The van der Waals surface area contributed by atoms with Crippen molar-refractivity contribution in [3.05, 3.63) is 69.5 Å². The molecular weight excluding hydrogens is 512 g/mol. The Kier molecular flexibility index (Phi) is 10.2. The number of carbonyl (C=O) groups excluding carboxylic acids is 2. The van der Waals surface area contributed by atoms with Crippen molar-refractivity contribution >= 4 is 35.2 Å². The van der Waals surface area contributed by atoms with Crippen LogP contribution in [-0.2, 0) is 26.7 Å². The molecule has 2 unspecified atom stereocenters. The maximum absolute atomic E-state index is 13.2. The number of nitrogens with one attached hydrogen (secondary N) is 2. The summed E-state index contributed by atoms with van der Waals surface area (Å²) < 4.78 is 5.90. The molecule has 2 aromatic heterocycles. The van der Waals surface area contributed by atoms with Crippen LogP contribution in [0.1, 0.15) is 48.5 Å². The Balaban J connectivity index is 1.73. The van der Waals surface area contributed by atoms with E-state index in [0.717, 1.165) is 5.56 Å². The van der Waals surface area contributed by atoms with E-state index in [1.165, 1.54) is 22.5 Å². The molecule has 0 radical (unpaired) electrons. The number of thioether (sulfide) groups is 1. The van der Waals surface area contributed by atoms with E-state index in [4.69, 9.17) is 0 Å². The zero-order chi connectivity index (χ0) is 27.7. The van der Waals surface area contributed by atoms with E-state index in [-0.39, 0.29) is 24.5 Å². The van der Waals surface area contributed by atoms with Crippen LogP contribution in [-0.4, -0.2) is 54.4 Å². The summed E-state index contributed by atoms with van der Waals surface area (Å²) in [5.41, 5.74) is 2.02. The van der Waals surface area contributed by atoms with Crippen molar-refractivity contribution in [1.82, 2.24) is 25.2 Å². The summed E-state index contributed by atoms with van der Waals surface area (Å²) in [7, 11) is 0. The van der Waals surface area contributed by atoms with Crippen LogP contribution in [0.5, 0.6) is 0 Å². The molecule has 0 aliphatic rings. The van der Waals surface area contributed by atoms with Crippen molar-refractivity contribution in [3.63, 3.8) is 0 Å². The number of rotatable bonds is 14. The number of carboxylic acids is 1. The van der Waals surface area contributed by atoms with E-state index in [1.54, 1.807) is 20.8 Å². The van der Waals surface area contributed by atoms with Crippen molar-refractivity contribution in [1.29, 1.82) is 0 Å². The van der Waals surface area contributed by atoms with Crippen molar-refractivity contribution < 1.29 is 24.1 Å². The molecule has 202 valence electrons. The topological polar surface area (TPSA) is 169 Å². The molecule has 2 heterocycles. The molecule has 0 saturated carbocycles. The number of amides is 1. The second-order valence-electron chi connectivity index (χ2n) is 8.62. The molecule has 12 nitrogen and oxygen atoms in total. The number of ketones is 1. The molecule has 3 rings (SSSR count). The van der Waals surface area contributed by atoms with Crippen LogP contribution in [0.25, 0.3) is 0 Å². The van der Waals surface area contributed by atoms with Gasteiger partial charge in [-0.3, -0.25) is 23.7 Å². The monoisotopic (exact) mass is 542 g/mol. The highest BCUT2D eigenvalue weighted by molar-refractivity contribution is 7.99. The smallest absolute Gasteiger partial charge is 0.305 e. The Hall–Kier alpha value is -4.00. The Bertz CT molecular complexity index is 1330. The molecule has 3 N–H and O–H groups in total. The molecule has 0 aliphatic heterocycles. The summed E-state index contributed by atoms with van der Waals surface area (Å²) in [5.74, 6) is -1.64. The molecule has 3 aromatic rings. The highest BCUT2D eigenvalue weighted by Gasteiger charge is 2.28. The van der Waals surface area contributed by atoms with Gasteiger partial charge in [-0.05, 0) is 25.8 Å². The first-order valence-electron chi connectivity index (χ1n) is 12.0. The van der Waals surface area contributed by atoms with E-state index >= 15 is 0 Å². The Morgan fingerprint density at radius 2 is 1.89 bits per heavy atom. The maximum atomic E-state index is 13.2. The zero-order valence-corrected chi connectivity index (χ0v) is 22.2. The summed E-state index contributed by atoms with van der Waals surface area (Å²) in [6.45, 7) is 5.24. The molecule has 1 aromatic carbocycles. The number of carbonyl (C=O) groups is 3. The fourth-order valence-corrected chi connectivity index (χ4v) is 4.63. The first kappa shape index (κ1) is 28.6. The standard InChI is InChI=1S/C25H30N6O6S/c1-4-20(31-12-15(2)27-23(25(31)36)26-11-19-16(3)29-37-30-19)24(35)28-18(10-22(33)34)21(32)14-38-13-17-8-6-5-7-9-17/h5-9,12,18,20H,4,10-11,13-14H2,1-3H3,(H,26,27)(H,28,35)(H,33,34). The minimum absolute atomic E-state index is 0.00845. The quantitative estimate of drug-likeness (QED) is 0.273. The SMILES string of the molecule is CCC(C(=O)NC(CC(=O)O)C(=O)CSCc1ccccc1)n1cc(C)nc(NCc2nonc2C)c1=O. The fourth-order valence-electron chi connectivity index (χ4n) is 3.70. The Labute approximate surface area is 223 Å². The van der Waals surface area contributed by atoms with Crippen LogP contribution in [0.15, 0.2) is 46.0 Å². The van der Waals surface area contributed by atoms with Gasteiger partial charge in [0, 0.05) is 11.9 Å². The number of anilines is 1. The van der Waals surface area contributed by atoms with E-state index in [1.807, 2.05) is 30.3 Å². The van der Waals surface area contributed by atoms with E-state index in [0.29, 0.717) is 22.8 Å². The number of aromatic nitrogens is 4. The minimum atomic E-state index is -1.23. The van der Waals surface area contributed by atoms with Crippen molar-refractivity contribution in [2.24, 2.45) is 0 Å². The van der Waals surface area contributed by atoms with Gasteiger partial charge in [0.15, 0.2) is 11.6 Å². The summed E-state index contributed by atoms with van der Waals surface area (Å²) in [4.78, 5) is 54.9. The molecule has 0 spiro atoms. The first-order chi connectivity index (χ1) is 18.2. The van der Waals surface area contributed by atoms with Crippen molar-refractivity contribution in [3.8, 4) is 0 Å². The number of nitrogens with zero attached hydrogens (tertiary/aromatic N) is 4. The van der Waals surface area contributed by atoms with Gasteiger partial charge in [-0.15, -0.1) is 11.8 Å². The predicted octanol–water partition coefficient (Wildman–Crippen LogP) is 2.27. The van der Waals surface area contributed by atoms with Gasteiger partial charge in [0.1, 0.15) is 17.4 Å². The maximum Gasteiger partial charge on any atom is 0.305 e.